The fourth-order valence-corrected chi connectivity index (χ4v) is 1.81. The standard InChI is InChI=1S/C13H10ClFO2/c1-2-17-13(16)11-5-3-8-7-9(14)4-6-10(8)12(11)15/h3-7H,2H2,1H3. The van der Waals surface area contributed by atoms with Gasteiger partial charge in [-0.2, -0.15) is 0 Å². The molecule has 2 rings (SSSR count). The van der Waals surface area contributed by atoms with Crippen LogP contribution < -0.4 is 0 Å². The van der Waals surface area contributed by atoms with Crippen molar-refractivity contribution in [1.29, 1.82) is 0 Å². The average Bonchev–Trinajstić information content (AvgIpc) is 2.29. The zero-order valence-electron chi connectivity index (χ0n) is 9.17. The maximum absolute atomic E-state index is 14.0. The van der Waals surface area contributed by atoms with E-state index >= 15 is 0 Å². The smallest absolute Gasteiger partial charge is 0.341 e. The van der Waals surface area contributed by atoms with E-state index in [0.29, 0.717) is 15.8 Å². The quantitative estimate of drug-likeness (QED) is 0.760. The molecular formula is C13H10ClFO2. The summed E-state index contributed by atoms with van der Waals surface area (Å²) in [5, 5.41) is 1.55. The van der Waals surface area contributed by atoms with Crippen molar-refractivity contribution in [1.82, 2.24) is 0 Å². The van der Waals surface area contributed by atoms with Gasteiger partial charge in [-0.15, -0.1) is 0 Å². The lowest BCUT2D eigenvalue weighted by molar-refractivity contribution is 0.0521. The van der Waals surface area contributed by atoms with Crippen LogP contribution in [0.25, 0.3) is 10.8 Å². The van der Waals surface area contributed by atoms with Crippen LogP contribution in [-0.2, 0) is 4.74 Å². The zero-order chi connectivity index (χ0) is 12.4. The number of fused-ring (bicyclic) bond motifs is 1. The fourth-order valence-electron chi connectivity index (χ4n) is 1.63. The molecule has 0 aliphatic carbocycles. The topological polar surface area (TPSA) is 26.3 Å². The van der Waals surface area contributed by atoms with Crippen molar-refractivity contribution in [2.24, 2.45) is 0 Å². The molecule has 0 N–H and O–H groups in total. The summed E-state index contributed by atoms with van der Waals surface area (Å²) < 4.78 is 18.8. The molecule has 0 aliphatic heterocycles. The van der Waals surface area contributed by atoms with Crippen LogP contribution in [-0.4, -0.2) is 12.6 Å². The first-order chi connectivity index (χ1) is 8.13. The van der Waals surface area contributed by atoms with E-state index in [2.05, 4.69) is 0 Å². The van der Waals surface area contributed by atoms with Gasteiger partial charge >= 0.3 is 5.97 Å². The van der Waals surface area contributed by atoms with Crippen molar-refractivity contribution < 1.29 is 13.9 Å². The molecule has 0 atom stereocenters. The molecule has 0 aliphatic rings. The highest BCUT2D eigenvalue weighted by molar-refractivity contribution is 6.31. The number of benzene rings is 2. The molecule has 0 radical (unpaired) electrons. The molecular weight excluding hydrogens is 243 g/mol. The Kier molecular flexibility index (Phi) is 3.29. The summed E-state index contributed by atoms with van der Waals surface area (Å²) in [6.07, 6.45) is 0. The maximum atomic E-state index is 14.0. The molecule has 2 aromatic rings. The Morgan fingerprint density at radius 3 is 2.82 bits per heavy atom. The van der Waals surface area contributed by atoms with Crippen molar-refractivity contribution >= 4 is 28.3 Å². The Morgan fingerprint density at radius 2 is 2.12 bits per heavy atom. The molecule has 4 heteroatoms. The van der Waals surface area contributed by atoms with Crippen LogP contribution in [0.2, 0.25) is 5.02 Å². The first kappa shape index (κ1) is 11.9. The maximum Gasteiger partial charge on any atom is 0.341 e. The van der Waals surface area contributed by atoms with Gasteiger partial charge in [0.1, 0.15) is 5.82 Å². The third-order valence-electron chi connectivity index (χ3n) is 2.41. The minimum Gasteiger partial charge on any atom is -0.462 e. The number of esters is 1. The minimum atomic E-state index is -0.651. The summed E-state index contributed by atoms with van der Waals surface area (Å²) in [6.45, 7) is 1.90. The molecule has 0 bridgehead atoms. The van der Waals surface area contributed by atoms with Gasteiger partial charge in [-0.05, 0) is 36.6 Å². The van der Waals surface area contributed by atoms with Gasteiger partial charge in [0.2, 0.25) is 0 Å². The van der Waals surface area contributed by atoms with E-state index in [0.717, 1.165) is 0 Å². The normalized spacial score (nSPS) is 10.5. The highest BCUT2D eigenvalue weighted by atomic mass is 35.5. The number of halogens is 2. The van der Waals surface area contributed by atoms with Crippen molar-refractivity contribution in [2.45, 2.75) is 6.92 Å². The Hall–Kier alpha value is -1.61. The van der Waals surface area contributed by atoms with E-state index in [-0.39, 0.29) is 12.2 Å². The first-order valence-electron chi connectivity index (χ1n) is 5.18. The van der Waals surface area contributed by atoms with Crippen molar-refractivity contribution in [3.8, 4) is 0 Å². The number of ether oxygens (including phenoxy) is 1. The Bertz CT molecular complexity index is 581. The lowest BCUT2D eigenvalue weighted by Gasteiger charge is -2.06. The van der Waals surface area contributed by atoms with Crippen LogP contribution >= 0.6 is 11.6 Å². The molecule has 2 aromatic carbocycles. The van der Waals surface area contributed by atoms with Gasteiger partial charge < -0.3 is 4.74 Å². The van der Waals surface area contributed by atoms with E-state index in [4.69, 9.17) is 16.3 Å². The minimum absolute atomic E-state index is 0.0540. The van der Waals surface area contributed by atoms with Gasteiger partial charge in [-0.25, -0.2) is 9.18 Å². The second-order valence-corrected chi connectivity index (χ2v) is 3.95. The van der Waals surface area contributed by atoms with Crippen LogP contribution in [0.15, 0.2) is 30.3 Å². The monoisotopic (exact) mass is 252 g/mol. The fraction of sp³-hybridized carbons (Fsp3) is 0.154. The summed E-state index contributed by atoms with van der Waals surface area (Å²) >= 11 is 5.81. The van der Waals surface area contributed by atoms with Gasteiger partial charge in [-0.3, -0.25) is 0 Å². The second kappa shape index (κ2) is 4.72. The molecule has 0 fully saturated rings. The van der Waals surface area contributed by atoms with Crippen molar-refractivity contribution in [3.05, 3.63) is 46.7 Å². The summed E-state index contributed by atoms with van der Waals surface area (Å²) in [4.78, 5) is 11.5. The second-order valence-electron chi connectivity index (χ2n) is 3.51. The molecule has 0 saturated carbocycles. The third kappa shape index (κ3) is 2.24. The van der Waals surface area contributed by atoms with E-state index < -0.39 is 11.8 Å². The molecule has 0 amide bonds. The van der Waals surface area contributed by atoms with Crippen LogP contribution in [0.4, 0.5) is 4.39 Å². The number of carbonyl (C=O) groups is 1. The van der Waals surface area contributed by atoms with E-state index in [9.17, 15) is 9.18 Å². The van der Waals surface area contributed by atoms with Crippen LogP contribution in [0.5, 0.6) is 0 Å². The summed E-state index contributed by atoms with van der Waals surface area (Å²) in [7, 11) is 0. The average molecular weight is 253 g/mol. The molecule has 17 heavy (non-hydrogen) atoms. The highest BCUT2D eigenvalue weighted by Gasteiger charge is 2.15. The molecule has 0 aromatic heterocycles. The lowest BCUT2D eigenvalue weighted by atomic mass is 10.1. The van der Waals surface area contributed by atoms with Gasteiger partial charge in [-0.1, -0.05) is 17.7 Å². The van der Waals surface area contributed by atoms with Crippen LogP contribution in [0, 0.1) is 5.82 Å². The van der Waals surface area contributed by atoms with Gasteiger partial charge in [0.05, 0.1) is 12.2 Å². The molecule has 0 heterocycles. The summed E-state index contributed by atoms with van der Waals surface area (Å²) in [6, 6.07) is 7.84. The summed E-state index contributed by atoms with van der Waals surface area (Å²) in [5.41, 5.74) is -0.0540. The Labute approximate surface area is 103 Å². The predicted molar refractivity (Wildman–Crippen MR) is 64.9 cm³/mol. The number of rotatable bonds is 2. The Balaban J connectivity index is 2.58. The molecule has 88 valence electrons. The molecule has 0 unspecified atom stereocenters. The van der Waals surface area contributed by atoms with Gasteiger partial charge in [0.25, 0.3) is 0 Å². The van der Waals surface area contributed by atoms with Crippen molar-refractivity contribution in [3.63, 3.8) is 0 Å². The highest BCUT2D eigenvalue weighted by Crippen LogP contribution is 2.24. The van der Waals surface area contributed by atoms with E-state index in [1.54, 1.807) is 31.2 Å². The van der Waals surface area contributed by atoms with E-state index in [1.165, 1.54) is 6.07 Å². The SMILES string of the molecule is CCOC(=O)c1ccc2cc(Cl)ccc2c1F. The first-order valence-corrected chi connectivity index (χ1v) is 5.56. The molecule has 0 saturated heterocycles. The van der Waals surface area contributed by atoms with Crippen LogP contribution in [0.3, 0.4) is 0 Å². The largest absolute Gasteiger partial charge is 0.462 e. The molecule has 0 spiro atoms. The van der Waals surface area contributed by atoms with Crippen molar-refractivity contribution in [2.75, 3.05) is 6.61 Å². The van der Waals surface area contributed by atoms with Gasteiger partial charge in [0, 0.05) is 10.4 Å². The lowest BCUT2D eigenvalue weighted by Crippen LogP contribution is -2.07. The summed E-state index contributed by atoms with van der Waals surface area (Å²) in [5.74, 6) is -1.22. The Morgan fingerprint density at radius 1 is 1.35 bits per heavy atom. The predicted octanol–water partition coefficient (Wildman–Crippen LogP) is 3.81. The van der Waals surface area contributed by atoms with E-state index in [1.807, 2.05) is 0 Å². The van der Waals surface area contributed by atoms with Gasteiger partial charge in [0.15, 0.2) is 0 Å². The van der Waals surface area contributed by atoms with Crippen LogP contribution in [0.1, 0.15) is 17.3 Å². The third-order valence-corrected chi connectivity index (χ3v) is 2.65. The molecule has 2 nitrogen and oxygen atoms in total. The zero-order valence-corrected chi connectivity index (χ0v) is 9.92. The number of hydrogen-bond donors (Lipinski definition) is 0. The number of hydrogen-bond acceptors (Lipinski definition) is 2. The number of carbonyl (C=O) groups excluding carboxylic acids is 1.